The number of esters is 1. The van der Waals surface area contributed by atoms with Gasteiger partial charge in [-0.25, -0.2) is 0 Å². The molecule has 2 aromatic rings. The largest absolute Gasteiger partial charge is 0.496 e. The van der Waals surface area contributed by atoms with Gasteiger partial charge in [-0.1, -0.05) is 34.1 Å². The Bertz CT molecular complexity index is 730. The number of hydrogen-bond acceptors (Lipinski definition) is 4. The number of benzene rings is 2. The number of carbonyl (C=O) groups is 2. The van der Waals surface area contributed by atoms with Crippen LogP contribution in [0.5, 0.6) is 5.75 Å². The predicted octanol–water partition coefficient (Wildman–Crippen LogP) is 3.96. The van der Waals surface area contributed by atoms with Crippen molar-refractivity contribution in [3.8, 4) is 5.75 Å². The van der Waals surface area contributed by atoms with Crippen LogP contribution < -0.4 is 10.1 Å². The van der Waals surface area contributed by atoms with E-state index in [0.717, 1.165) is 15.8 Å². The van der Waals surface area contributed by atoms with Crippen molar-refractivity contribution < 1.29 is 19.1 Å². The Morgan fingerprint density at radius 3 is 2.48 bits per heavy atom. The number of halogens is 1. The molecule has 1 atom stereocenters. The second kappa shape index (κ2) is 9.22. The van der Waals surface area contributed by atoms with Gasteiger partial charge in [0, 0.05) is 16.6 Å². The highest BCUT2D eigenvalue weighted by atomic mass is 79.9. The maximum Gasteiger partial charge on any atom is 0.306 e. The molecule has 0 radical (unpaired) electrons. The number of rotatable bonds is 7. The third-order valence-electron chi connectivity index (χ3n) is 3.58. The molecular weight excluding hydrogens is 386 g/mol. The second-order valence-corrected chi connectivity index (χ2v) is 6.36. The maximum atomic E-state index is 12.1. The minimum atomic E-state index is -0.867. The fraction of sp³-hybridized carbons (Fsp3) is 0.263. The second-order valence-electron chi connectivity index (χ2n) is 5.44. The van der Waals surface area contributed by atoms with Crippen LogP contribution in [-0.2, 0) is 20.7 Å². The number of carbonyl (C=O) groups excluding carboxylic acids is 2. The van der Waals surface area contributed by atoms with Crippen molar-refractivity contribution in [2.45, 2.75) is 25.9 Å². The molecule has 6 heteroatoms. The first kappa shape index (κ1) is 19.0. The van der Waals surface area contributed by atoms with Gasteiger partial charge in [-0.15, -0.1) is 0 Å². The van der Waals surface area contributed by atoms with Gasteiger partial charge < -0.3 is 14.8 Å². The lowest BCUT2D eigenvalue weighted by molar-refractivity contribution is -0.153. The Hall–Kier alpha value is -2.34. The zero-order chi connectivity index (χ0) is 18.2. The summed E-state index contributed by atoms with van der Waals surface area (Å²) in [7, 11) is 1.59. The highest BCUT2D eigenvalue weighted by molar-refractivity contribution is 9.10. The molecule has 0 fully saturated rings. The zero-order valence-electron chi connectivity index (χ0n) is 14.1. The monoisotopic (exact) mass is 405 g/mol. The predicted molar refractivity (Wildman–Crippen MR) is 99.6 cm³/mol. The number of aryl methyl sites for hydroxylation is 1. The molecule has 0 aliphatic carbocycles. The third-order valence-corrected chi connectivity index (χ3v) is 4.11. The molecule has 0 saturated heterocycles. The first-order valence-electron chi connectivity index (χ1n) is 7.87. The van der Waals surface area contributed by atoms with Crippen molar-refractivity contribution in [3.05, 3.63) is 58.6 Å². The molecule has 0 aliphatic rings. The van der Waals surface area contributed by atoms with E-state index in [1.165, 1.54) is 0 Å². The summed E-state index contributed by atoms with van der Waals surface area (Å²) in [5, 5.41) is 2.71. The third kappa shape index (κ3) is 5.90. The summed E-state index contributed by atoms with van der Waals surface area (Å²) >= 11 is 3.33. The van der Waals surface area contributed by atoms with Crippen LogP contribution in [-0.4, -0.2) is 25.1 Å². The Morgan fingerprint density at radius 1 is 1.12 bits per heavy atom. The fourth-order valence-electron chi connectivity index (χ4n) is 2.23. The van der Waals surface area contributed by atoms with Crippen molar-refractivity contribution >= 4 is 33.5 Å². The minimum Gasteiger partial charge on any atom is -0.496 e. The number of nitrogens with one attached hydrogen (secondary N) is 1. The van der Waals surface area contributed by atoms with E-state index in [1.54, 1.807) is 26.2 Å². The maximum absolute atomic E-state index is 12.1. The topological polar surface area (TPSA) is 64.6 Å². The lowest BCUT2D eigenvalue weighted by atomic mass is 10.1. The summed E-state index contributed by atoms with van der Waals surface area (Å²) in [5.74, 6) is -0.0614. The van der Waals surface area contributed by atoms with E-state index in [1.807, 2.05) is 36.4 Å². The molecule has 1 N–H and O–H groups in total. The van der Waals surface area contributed by atoms with Gasteiger partial charge in [0.15, 0.2) is 6.10 Å². The molecule has 0 spiro atoms. The summed E-state index contributed by atoms with van der Waals surface area (Å²) in [6.07, 6.45) is -0.200. The van der Waals surface area contributed by atoms with Crippen LogP contribution in [0.25, 0.3) is 0 Å². The van der Waals surface area contributed by atoms with Crippen molar-refractivity contribution in [1.29, 1.82) is 0 Å². The minimum absolute atomic E-state index is 0.177. The summed E-state index contributed by atoms with van der Waals surface area (Å²) in [6.45, 7) is 1.55. The molecule has 0 unspecified atom stereocenters. The van der Waals surface area contributed by atoms with Gasteiger partial charge in [-0.05, 0) is 49.2 Å². The number of amides is 1. The average Bonchev–Trinajstić information content (AvgIpc) is 2.62. The molecule has 2 rings (SSSR count). The molecule has 132 valence electrons. The van der Waals surface area contributed by atoms with Crippen LogP contribution in [0.3, 0.4) is 0 Å². The quantitative estimate of drug-likeness (QED) is 0.707. The Kier molecular flexibility index (Phi) is 7.01. The van der Waals surface area contributed by atoms with Crippen molar-refractivity contribution in [1.82, 2.24) is 0 Å². The van der Waals surface area contributed by atoms with Gasteiger partial charge in [-0.3, -0.25) is 9.59 Å². The molecule has 1 amide bonds. The Balaban J connectivity index is 1.82. The molecule has 0 aliphatic heterocycles. The van der Waals surface area contributed by atoms with E-state index in [2.05, 4.69) is 21.2 Å². The van der Waals surface area contributed by atoms with Crippen molar-refractivity contribution in [2.24, 2.45) is 0 Å². The Labute approximate surface area is 155 Å². The van der Waals surface area contributed by atoms with Gasteiger partial charge in [0.05, 0.1) is 7.11 Å². The number of para-hydroxylation sites is 1. The summed E-state index contributed by atoms with van der Waals surface area (Å²) in [4.78, 5) is 24.1. The molecule has 0 bridgehead atoms. The van der Waals surface area contributed by atoms with Gasteiger partial charge in [0.1, 0.15) is 5.75 Å². The lowest BCUT2D eigenvalue weighted by Crippen LogP contribution is -2.30. The molecule has 2 aromatic carbocycles. The van der Waals surface area contributed by atoms with Crippen LogP contribution in [0.15, 0.2) is 53.0 Å². The fourth-order valence-corrected chi connectivity index (χ4v) is 2.50. The average molecular weight is 406 g/mol. The van der Waals surface area contributed by atoms with Gasteiger partial charge in [0.2, 0.25) is 0 Å². The zero-order valence-corrected chi connectivity index (χ0v) is 15.7. The molecule has 0 saturated carbocycles. The molecule has 5 nitrogen and oxygen atoms in total. The van der Waals surface area contributed by atoms with E-state index in [0.29, 0.717) is 12.1 Å². The van der Waals surface area contributed by atoms with E-state index in [-0.39, 0.29) is 12.3 Å². The first-order valence-corrected chi connectivity index (χ1v) is 8.66. The Morgan fingerprint density at radius 2 is 1.80 bits per heavy atom. The van der Waals surface area contributed by atoms with Crippen molar-refractivity contribution in [3.63, 3.8) is 0 Å². The molecule has 25 heavy (non-hydrogen) atoms. The number of anilines is 1. The van der Waals surface area contributed by atoms with Crippen LogP contribution in [0.2, 0.25) is 0 Å². The number of ether oxygens (including phenoxy) is 2. The summed E-state index contributed by atoms with van der Waals surface area (Å²) in [6, 6.07) is 14.7. The lowest BCUT2D eigenvalue weighted by Gasteiger charge is -2.14. The molecular formula is C19H20BrNO4. The van der Waals surface area contributed by atoms with Crippen LogP contribution in [0.1, 0.15) is 18.9 Å². The highest BCUT2D eigenvalue weighted by Gasteiger charge is 2.18. The van der Waals surface area contributed by atoms with Crippen molar-refractivity contribution in [2.75, 3.05) is 12.4 Å². The van der Waals surface area contributed by atoms with Crippen LogP contribution in [0.4, 0.5) is 5.69 Å². The highest BCUT2D eigenvalue weighted by Crippen LogP contribution is 2.19. The normalized spacial score (nSPS) is 11.5. The smallest absolute Gasteiger partial charge is 0.306 e. The van der Waals surface area contributed by atoms with Crippen LogP contribution >= 0.6 is 15.9 Å². The molecule has 0 heterocycles. The SMILES string of the molecule is COc1ccccc1CCC(=O)O[C@H](C)C(=O)Nc1ccc(Br)cc1. The van der Waals surface area contributed by atoms with E-state index in [9.17, 15) is 9.59 Å². The van der Waals surface area contributed by atoms with Crippen LogP contribution in [0, 0.1) is 0 Å². The van der Waals surface area contributed by atoms with E-state index >= 15 is 0 Å². The van der Waals surface area contributed by atoms with E-state index < -0.39 is 12.1 Å². The number of methoxy groups -OCH3 is 1. The van der Waals surface area contributed by atoms with Gasteiger partial charge in [-0.2, -0.15) is 0 Å². The summed E-state index contributed by atoms with van der Waals surface area (Å²) < 4.78 is 11.4. The first-order chi connectivity index (χ1) is 12.0. The van der Waals surface area contributed by atoms with Gasteiger partial charge in [0.25, 0.3) is 5.91 Å². The standard InChI is InChI=1S/C19H20BrNO4/c1-13(19(23)21-16-10-8-15(20)9-11-16)25-18(22)12-7-14-5-3-4-6-17(14)24-2/h3-6,8-11,13H,7,12H2,1-2H3,(H,21,23)/t13-/m1/s1. The molecule has 0 aromatic heterocycles. The van der Waals surface area contributed by atoms with E-state index in [4.69, 9.17) is 9.47 Å². The number of hydrogen-bond donors (Lipinski definition) is 1. The summed E-state index contributed by atoms with van der Waals surface area (Å²) in [5.41, 5.74) is 1.57. The van der Waals surface area contributed by atoms with Gasteiger partial charge >= 0.3 is 5.97 Å².